The fourth-order valence-electron chi connectivity index (χ4n) is 1.54. The van der Waals surface area contributed by atoms with Crippen molar-refractivity contribution in [3.8, 4) is 5.75 Å². The summed E-state index contributed by atoms with van der Waals surface area (Å²) in [7, 11) is 0. The van der Waals surface area contributed by atoms with Crippen molar-refractivity contribution >= 4 is 17.5 Å². The third kappa shape index (κ3) is 5.49. The van der Waals surface area contributed by atoms with Crippen molar-refractivity contribution in [3.63, 3.8) is 0 Å². The molecule has 0 heterocycles. The maximum Gasteiger partial charge on any atom is 0.257 e. The van der Waals surface area contributed by atoms with E-state index < -0.39 is 0 Å². The van der Waals surface area contributed by atoms with Crippen LogP contribution < -0.4 is 15.4 Å². The summed E-state index contributed by atoms with van der Waals surface area (Å²) in [5, 5.41) is 6.62. The Balaban J connectivity index is 2.70. The Morgan fingerprint density at radius 1 is 1.42 bits per heavy atom. The summed E-state index contributed by atoms with van der Waals surface area (Å²) in [6.07, 6.45) is 0. The first-order chi connectivity index (χ1) is 9.04. The van der Waals surface area contributed by atoms with Crippen LogP contribution in [0.3, 0.4) is 0 Å². The number of hydrogen-bond donors (Lipinski definition) is 2. The summed E-state index contributed by atoms with van der Waals surface area (Å²) in [5.74, 6) is 0.511. The van der Waals surface area contributed by atoms with Gasteiger partial charge in [0, 0.05) is 29.7 Å². The molecule has 19 heavy (non-hydrogen) atoms. The van der Waals surface area contributed by atoms with E-state index in [1.54, 1.807) is 0 Å². The molecule has 0 saturated heterocycles. The number of ether oxygens (including phenoxy) is 1. The molecule has 0 aliphatic rings. The van der Waals surface area contributed by atoms with Crippen molar-refractivity contribution in [1.82, 2.24) is 10.6 Å². The highest BCUT2D eigenvalue weighted by atomic mass is 35.5. The van der Waals surface area contributed by atoms with Crippen LogP contribution in [0.4, 0.5) is 0 Å². The topological polar surface area (TPSA) is 50.4 Å². The molecule has 1 amide bonds. The zero-order valence-corrected chi connectivity index (χ0v) is 12.4. The van der Waals surface area contributed by atoms with Crippen molar-refractivity contribution in [3.05, 3.63) is 28.8 Å². The highest BCUT2D eigenvalue weighted by Crippen LogP contribution is 2.26. The minimum absolute atomic E-state index is 0.00284. The van der Waals surface area contributed by atoms with E-state index in [1.807, 2.05) is 25.1 Å². The van der Waals surface area contributed by atoms with Gasteiger partial charge in [-0.2, -0.15) is 0 Å². The van der Waals surface area contributed by atoms with Gasteiger partial charge in [0.05, 0.1) is 0 Å². The first-order valence-corrected chi connectivity index (χ1v) is 6.82. The average Bonchev–Trinajstić information content (AvgIpc) is 2.35. The lowest BCUT2D eigenvalue weighted by atomic mass is 10.2. The van der Waals surface area contributed by atoms with E-state index in [9.17, 15) is 4.79 Å². The Hall–Kier alpha value is -1.26. The molecule has 0 radical (unpaired) electrons. The summed E-state index contributed by atoms with van der Waals surface area (Å²) in [6.45, 7) is 7.21. The summed E-state index contributed by atoms with van der Waals surface area (Å²) in [6, 6.07) is 5.81. The Labute approximate surface area is 119 Å². The molecule has 0 aliphatic carbocycles. The fourth-order valence-corrected chi connectivity index (χ4v) is 1.78. The van der Waals surface area contributed by atoms with Crippen LogP contribution in [0.5, 0.6) is 5.75 Å². The molecule has 0 bridgehead atoms. The number of carbonyl (C=O) groups excluding carboxylic acids is 1. The molecule has 1 rings (SSSR count). The largest absolute Gasteiger partial charge is 0.483 e. The summed E-state index contributed by atoms with van der Waals surface area (Å²) in [4.78, 5) is 11.4. The van der Waals surface area contributed by atoms with E-state index in [4.69, 9.17) is 16.3 Å². The second-order valence-corrected chi connectivity index (χ2v) is 4.90. The molecule has 0 saturated carbocycles. The second kappa shape index (κ2) is 8.02. The average molecular weight is 285 g/mol. The molecule has 0 unspecified atom stereocenters. The van der Waals surface area contributed by atoms with E-state index in [0.717, 1.165) is 5.56 Å². The predicted octanol–water partition coefficient (Wildman–Crippen LogP) is 2.35. The number of amides is 1. The van der Waals surface area contributed by atoms with E-state index in [0.29, 0.717) is 29.9 Å². The zero-order valence-electron chi connectivity index (χ0n) is 11.6. The van der Waals surface area contributed by atoms with Crippen molar-refractivity contribution < 1.29 is 9.53 Å². The number of benzene rings is 1. The van der Waals surface area contributed by atoms with Gasteiger partial charge in [0.1, 0.15) is 5.75 Å². The van der Waals surface area contributed by atoms with Crippen molar-refractivity contribution in [2.75, 3.05) is 13.2 Å². The minimum atomic E-state index is -0.134. The Morgan fingerprint density at radius 3 is 2.79 bits per heavy atom. The number of halogens is 1. The smallest absolute Gasteiger partial charge is 0.257 e. The van der Waals surface area contributed by atoms with Gasteiger partial charge in [0.25, 0.3) is 5.91 Å². The molecule has 106 valence electrons. The highest BCUT2D eigenvalue weighted by molar-refractivity contribution is 6.31. The van der Waals surface area contributed by atoms with Crippen LogP contribution in [0.15, 0.2) is 18.2 Å². The molecule has 0 atom stereocenters. The van der Waals surface area contributed by atoms with E-state index >= 15 is 0 Å². The lowest BCUT2D eigenvalue weighted by Crippen LogP contribution is -2.29. The van der Waals surface area contributed by atoms with Crippen LogP contribution in [-0.4, -0.2) is 25.1 Å². The van der Waals surface area contributed by atoms with Crippen LogP contribution in [-0.2, 0) is 11.3 Å². The van der Waals surface area contributed by atoms with E-state index in [1.165, 1.54) is 0 Å². The van der Waals surface area contributed by atoms with Crippen LogP contribution in [0.1, 0.15) is 26.3 Å². The summed E-state index contributed by atoms with van der Waals surface area (Å²) < 4.78 is 5.53. The van der Waals surface area contributed by atoms with Gasteiger partial charge < -0.3 is 15.4 Å². The molecule has 1 aromatic rings. The summed E-state index contributed by atoms with van der Waals surface area (Å²) >= 11 is 6.17. The quantitative estimate of drug-likeness (QED) is 0.808. The van der Waals surface area contributed by atoms with Crippen molar-refractivity contribution in [2.45, 2.75) is 33.4 Å². The number of rotatable bonds is 7. The van der Waals surface area contributed by atoms with Gasteiger partial charge in [-0.25, -0.2) is 0 Å². The van der Waals surface area contributed by atoms with Crippen LogP contribution >= 0.6 is 11.6 Å². The molecule has 0 aliphatic heterocycles. The normalized spacial score (nSPS) is 10.6. The van der Waals surface area contributed by atoms with Crippen LogP contribution in [0, 0.1) is 0 Å². The van der Waals surface area contributed by atoms with Crippen LogP contribution in [0.25, 0.3) is 0 Å². The van der Waals surface area contributed by atoms with Crippen LogP contribution in [0.2, 0.25) is 5.02 Å². The van der Waals surface area contributed by atoms with Gasteiger partial charge >= 0.3 is 0 Å². The maximum atomic E-state index is 11.4. The van der Waals surface area contributed by atoms with Crippen molar-refractivity contribution in [2.24, 2.45) is 0 Å². The lowest BCUT2D eigenvalue weighted by molar-refractivity contribution is -0.122. The minimum Gasteiger partial charge on any atom is -0.483 e. The molecule has 4 nitrogen and oxygen atoms in total. The fraction of sp³-hybridized carbons (Fsp3) is 0.500. The summed E-state index contributed by atoms with van der Waals surface area (Å²) in [5.41, 5.74) is 0.877. The SMILES string of the molecule is CCNC(=O)COc1cccc(Cl)c1CNC(C)C. The molecule has 2 N–H and O–H groups in total. The Kier molecular flexibility index (Phi) is 6.67. The Bertz CT molecular complexity index is 422. The first-order valence-electron chi connectivity index (χ1n) is 6.44. The third-order valence-electron chi connectivity index (χ3n) is 2.50. The maximum absolute atomic E-state index is 11.4. The van der Waals surface area contributed by atoms with Gasteiger partial charge in [-0.15, -0.1) is 0 Å². The number of nitrogens with one attached hydrogen (secondary N) is 2. The predicted molar refractivity (Wildman–Crippen MR) is 77.6 cm³/mol. The molecule has 1 aromatic carbocycles. The number of hydrogen-bond acceptors (Lipinski definition) is 3. The molecular formula is C14H21ClN2O2. The third-order valence-corrected chi connectivity index (χ3v) is 2.85. The first kappa shape index (κ1) is 15.8. The molecule has 0 spiro atoms. The van der Waals surface area contributed by atoms with Gasteiger partial charge in [0.2, 0.25) is 0 Å². The molecule has 0 fully saturated rings. The molecule has 0 aromatic heterocycles. The monoisotopic (exact) mass is 284 g/mol. The zero-order chi connectivity index (χ0) is 14.3. The van der Waals surface area contributed by atoms with Gasteiger partial charge in [-0.05, 0) is 19.1 Å². The number of carbonyl (C=O) groups is 1. The molecule has 5 heteroatoms. The van der Waals surface area contributed by atoms with Gasteiger partial charge in [-0.3, -0.25) is 4.79 Å². The number of likely N-dealkylation sites (N-methyl/N-ethyl adjacent to an activating group) is 1. The highest BCUT2D eigenvalue weighted by Gasteiger charge is 2.10. The lowest BCUT2D eigenvalue weighted by Gasteiger charge is -2.15. The Morgan fingerprint density at radius 2 is 2.16 bits per heavy atom. The molecular weight excluding hydrogens is 264 g/mol. The standard InChI is InChI=1S/C14H21ClN2O2/c1-4-16-14(18)9-19-13-7-5-6-12(15)11(13)8-17-10(2)3/h5-7,10,17H,4,8-9H2,1-3H3,(H,16,18). The van der Waals surface area contributed by atoms with E-state index in [-0.39, 0.29) is 12.5 Å². The van der Waals surface area contributed by atoms with Gasteiger partial charge in [-0.1, -0.05) is 31.5 Å². The van der Waals surface area contributed by atoms with E-state index in [2.05, 4.69) is 24.5 Å². The van der Waals surface area contributed by atoms with Gasteiger partial charge in [0.15, 0.2) is 6.61 Å². The van der Waals surface area contributed by atoms with Crippen molar-refractivity contribution in [1.29, 1.82) is 0 Å². The second-order valence-electron chi connectivity index (χ2n) is 4.49.